The first kappa shape index (κ1) is 17.8. The summed E-state index contributed by atoms with van der Waals surface area (Å²) in [7, 11) is 0. The Hall–Kier alpha value is -3.26. The number of hydrogen-bond donors (Lipinski definition) is 3. The van der Waals surface area contributed by atoms with Gasteiger partial charge in [-0.05, 0) is 42.7 Å². The fourth-order valence-electron chi connectivity index (χ4n) is 3.52. The molecule has 1 fully saturated rings. The molecule has 29 heavy (non-hydrogen) atoms. The number of aliphatic hydroxyl groups excluding tert-OH is 1. The van der Waals surface area contributed by atoms with Gasteiger partial charge in [-0.1, -0.05) is 12.1 Å². The van der Waals surface area contributed by atoms with Crippen LogP contribution in [-0.2, 0) is 0 Å². The molecule has 148 valence electrons. The summed E-state index contributed by atoms with van der Waals surface area (Å²) < 4.78 is 30.2. The third-order valence-corrected chi connectivity index (χ3v) is 5.28. The molecule has 1 aliphatic carbocycles. The second kappa shape index (κ2) is 6.97. The van der Waals surface area contributed by atoms with Crippen molar-refractivity contribution in [1.29, 1.82) is 0 Å². The van der Waals surface area contributed by atoms with Crippen LogP contribution in [0.25, 0.3) is 16.9 Å². The first-order valence-electron chi connectivity index (χ1n) is 9.48. The van der Waals surface area contributed by atoms with Crippen LogP contribution in [0.5, 0.6) is 0 Å². The van der Waals surface area contributed by atoms with E-state index in [0.717, 1.165) is 18.5 Å². The third-order valence-electron chi connectivity index (χ3n) is 5.28. The summed E-state index contributed by atoms with van der Waals surface area (Å²) in [6.45, 7) is -0.271. The molecule has 6 nitrogen and oxygen atoms in total. The van der Waals surface area contributed by atoms with Crippen LogP contribution < -0.4 is 5.32 Å². The van der Waals surface area contributed by atoms with Gasteiger partial charge >= 0.3 is 0 Å². The normalized spacial score (nSPS) is 15.0. The number of benzene rings is 2. The lowest BCUT2D eigenvalue weighted by molar-refractivity contribution is 0.276. The number of H-pyrrole nitrogens is 1. The molecule has 1 aliphatic rings. The summed E-state index contributed by atoms with van der Waals surface area (Å²) in [6, 6.07) is 10.4. The number of aromatic nitrogens is 4. The number of anilines is 1. The lowest BCUT2D eigenvalue weighted by Crippen LogP contribution is -2.16. The van der Waals surface area contributed by atoms with Gasteiger partial charge in [0.25, 0.3) is 0 Å². The lowest BCUT2D eigenvalue weighted by Gasteiger charge is -2.19. The highest BCUT2D eigenvalue weighted by Gasteiger charge is 2.26. The molecule has 2 aromatic heterocycles. The maximum atomic E-state index is 15.4. The fourth-order valence-corrected chi connectivity index (χ4v) is 3.52. The van der Waals surface area contributed by atoms with Gasteiger partial charge in [0, 0.05) is 17.7 Å². The highest BCUT2D eigenvalue weighted by molar-refractivity contribution is 5.82. The van der Waals surface area contributed by atoms with E-state index < -0.39 is 11.9 Å². The molecule has 5 rings (SSSR count). The van der Waals surface area contributed by atoms with Crippen LogP contribution in [0.3, 0.4) is 0 Å². The van der Waals surface area contributed by atoms with Crippen LogP contribution in [-0.4, -0.2) is 31.5 Å². The van der Waals surface area contributed by atoms with Gasteiger partial charge in [0.2, 0.25) is 0 Å². The standard InChI is InChI=1S/C21H19F2N5O/c22-14-5-3-13(4-6-14)18(10-29)25-15-7-8-16-21(20(15)23)28(11-24-16)19-9-17(26-27-19)12-1-2-12/h3-9,11-12,18,25,29H,1-2,10H2,(H,26,27)/t18-/m0/s1. The van der Waals surface area contributed by atoms with Crippen molar-refractivity contribution >= 4 is 16.7 Å². The molecule has 2 aromatic carbocycles. The van der Waals surface area contributed by atoms with Crippen molar-refractivity contribution < 1.29 is 13.9 Å². The van der Waals surface area contributed by atoms with E-state index >= 15 is 4.39 Å². The zero-order valence-corrected chi connectivity index (χ0v) is 15.4. The monoisotopic (exact) mass is 395 g/mol. The minimum absolute atomic E-state index is 0.223. The third kappa shape index (κ3) is 3.25. The van der Waals surface area contributed by atoms with Gasteiger partial charge in [0.1, 0.15) is 17.7 Å². The van der Waals surface area contributed by atoms with E-state index in [1.165, 1.54) is 12.1 Å². The van der Waals surface area contributed by atoms with Gasteiger partial charge in [0.15, 0.2) is 11.6 Å². The Morgan fingerprint density at radius 3 is 2.69 bits per heavy atom. The number of fused-ring (bicyclic) bond motifs is 1. The van der Waals surface area contributed by atoms with E-state index in [4.69, 9.17) is 0 Å². The predicted molar refractivity (Wildman–Crippen MR) is 105 cm³/mol. The van der Waals surface area contributed by atoms with Gasteiger partial charge in [-0.3, -0.25) is 9.67 Å². The smallest absolute Gasteiger partial charge is 0.172 e. The minimum Gasteiger partial charge on any atom is -0.394 e. The first-order valence-corrected chi connectivity index (χ1v) is 9.48. The molecule has 8 heteroatoms. The molecule has 1 saturated carbocycles. The first-order chi connectivity index (χ1) is 14.1. The van der Waals surface area contributed by atoms with Gasteiger partial charge in [-0.2, -0.15) is 5.10 Å². The molecule has 4 aromatic rings. The summed E-state index contributed by atoms with van der Waals surface area (Å²) >= 11 is 0. The Balaban J connectivity index is 1.51. The van der Waals surface area contributed by atoms with Crippen LogP contribution in [0.2, 0.25) is 0 Å². The van der Waals surface area contributed by atoms with Crippen LogP contribution in [0.1, 0.15) is 36.1 Å². The molecule has 1 atom stereocenters. The van der Waals surface area contributed by atoms with Crippen LogP contribution in [0.4, 0.5) is 14.5 Å². The van der Waals surface area contributed by atoms with Gasteiger partial charge in [-0.15, -0.1) is 0 Å². The molecule has 0 unspecified atom stereocenters. The predicted octanol–water partition coefficient (Wildman–Crippen LogP) is 4.05. The summed E-state index contributed by atoms with van der Waals surface area (Å²) in [5.74, 6) is 0.236. The molecule has 0 aliphatic heterocycles. The highest BCUT2D eigenvalue weighted by atomic mass is 19.1. The molecular weight excluding hydrogens is 376 g/mol. The van der Waals surface area contributed by atoms with Crippen molar-refractivity contribution in [3.8, 4) is 5.82 Å². The van der Waals surface area contributed by atoms with Crippen molar-refractivity contribution in [2.75, 3.05) is 11.9 Å². The number of hydrogen-bond acceptors (Lipinski definition) is 4. The number of rotatable bonds is 6. The molecular formula is C21H19F2N5O. The zero-order valence-electron chi connectivity index (χ0n) is 15.4. The molecule has 3 N–H and O–H groups in total. The van der Waals surface area contributed by atoms with Gasteiger partial charge < -0.3 is 10.4 Å². The summed E-state index contributed by atoms with van der Waals surface area (Å²) in [5, 5.41) is 20.1. The van der Waals surface area contributed by atoms with Crippen LogP contribution in [0, 0.1) is 11.6 Å². The number of halogens is 2. The molecule has 0 amide bonds. The van der Waals surface area contributed by atoms with E-state index in [0.29, 0.717) is 28.3 Å². The Kier molecular flexibility index (Phi) is 4.28. The highest BCUT2D eigenvalue weighted by Crippen LogP contribution is 2.39. The average molecular weight is 395 g/mol. The van der Waals surface area contributed by atoms with Gasteiger partial charge in [0.05, 0.1) is 23.9 Å². The maximum Gasteiger partial charge on any atom is 0.172 e. The maximum absolute atomic E-state index is 15.4. The molecule has 0 radical (unpaired) electrons. The number of nitrogens with zero attached hydrogens (tertiary/aromatic N) is 3. The summed E-state index contributed by atoms with van der Waals surface area (Å²) in [6.07, 6.45) is 3.83. The molecule has 0 saturated heterocycles. The van der Waals surface area contributed by atoms with Crippen molar-refractivity contribution in [2.45, 2.75) is 24.8 Å². The van der Waals surface area contributed by atoms with Gasteiger partial charge in [-0.25, -0.2) is 13.8 Å². The van der Waals surface area contributed by atoms with E-state index in [-0.39, 0.29) is 18.1 Å². The molecule has 0 spiro atoms. The minimum atomic E-state index is -0.578. The van der Waals surface area contributed by atoms with Crippen molar-refractivity contribution in [2.24, 2.45) is 0 Å². The molecule has 2 heterocycles. The Bertz CT molecular complexity index is 1160. The largest absolute Gasteiger partial charge is 0.394 e. The van der Waals surface area contributed by atoms with E-state index in [9.17, 15) is 9.50 Å². The topological polar surface area (TPSA) is 78.8 Å². The fraction of sp³-hybridized carbons (Fsp3) is 0.238. The van der Waals surface area contributed by atoms with Crippen molar-refractivity contribution in [3.05, 3.63) is 71.7 Å². The van der Waals surface area contributed by atoms with E-state index in [1.54, 1.807) is 35.2 Å². The Morgan fingerprint density at radius 2 is 1.97 bits per heavy atom. The quantitative estimate of drug-likeness (QED) is 0.460. The number of nitrogens with one attached hydrogen (secondary N) is 2. The van der Waals surface area contributed by atoms with E-state index in [2.05, 4.69) is 20.5 Å². The van der Waals surface area contributed by atoms with E-state index in [1.807, 2.05) is 6.07 Å². The number of aliphatic hydroxyl groups is 1. The average Bonchev–Trinajstić information content (AvgIpc) is 3.30. The Morgan fingerprint density at radius 1 is 1.17 bits per heavy atom. The number of aromatic amines is 1. The Labute approximate surface area is 165 Å². The van der Waals surface area contributed by atoms with Crippen LogP contribution in [0.15, 0.2) is 48.8 Å². The summed E-state index contributed by atoms with van der Waals surface area (Å²) in [4.78, 5) is 4.28. The second-order valence-corrected chi connectivity index (χ2v) is 7.30. The van der Waals surface area contributed by atoms with Crippen LogP contribution >= 0.6 is 0 Å². The van der Waals surface area contributed by atoms with Crippen molar-refractivity contribution in [3.63, 3.8) is 0 Å². The van der Waals surface area contributed by atoms with Crippen molar-refractivity contribution in [1.82, 2.24) is 19.7 Å². The number of imidazole rings is 1. The summed E-state index contributed by atoms with van der Waals surface area (Å²) in [5.41, 5.74) is 2.74. The lowest BCUT2D eigenvalue weighted by atomic mass is 10.1. The zero-order chi connectivity index (χ0) is 20.0. The second-order valence-electron chi connectivity index (χ2n) is 7.30. The SMILES string of the molecule is OC[C@H](Nc1ccc2ncn(-c3cc(C4CC4)[nH]n3)c2c1F)c1ccc(F)cc1. The molecule has 0 bridgehead atoms.